The summed E-state index contributed by atoms with van der Waals surface area (Å²) in [6.07, 6.45) is -28.2. The van der Waals surface area contributed by atoms with Gasteiger partial charge >= 0.3 is 11.9 Å². The summed E-state index contributed by atoms with van der Waals surface area (Å²) < 4.78 is 26.0. The Labute approximate surface area is 218 Å². The van der Waals surface area contributed by atoms with Gasteiger partial charge in [0.15, 0.2) is 24.8 Å². The molecule has 15 atom stereocenters. The van der Waals surface area contributed by atoms with Crippen LogP contribution in [0.5, 0.6) is 0 Å². The normalized spacial score (nSPS) is 46.8. The largest absolute Gasteiger partial charge is 0.829 e. The van der Waals surface area contributed by atoms with Crippen LogP contribution in [0.4, 0.5) is 0 Å². The number of aliphatic hydroxyl groups excluding tert-OH is 7. The first-order chi connectivity index (χ1) is 18.2. The molecule has 0 saturated carbocycles. The zero-order valence-electron chi connectivity index (χ0n) is 20.1. The monoisotopic (exact) mass is 572 g/mol. The number of rotatable bonds is 8. The minimum atomic E-state index is -2.35. The van der Waals surface area contributed by atoms with Gasteiger partial charge in [-0.1, -0.05) is 0 Å². The minimum absolute atomic E-state index is 0.800. The van der Waals surface area contributed by atoms with E-state index in [4.69, 9.17) is 18.9 Å². The number of carbonyl (C=O) groups is 3. The molecule has 3 aliphatic heterocycles. The van der Waals surface area contributed by atoms with E-state index in [1.165, 1.54) is 0 Å². The summed E-state index contributed by atoms with van der Waals surface area (Å²) in [6.45, 7) is 0.0352. The first-order valence-electron chi connectivity index (χ1n) is 11.5. The number of nitrogens with one attached hydrogen (secondary N) is 1. The molecule has 19 nitrogen and oxygen atoms in total. The first kappa shape index (κ1) is 31.4. The molecule has 0 bridgehead atoms. The maximum absolute atomic E-state index is 11.9. The van der Waals surface area contributed by atoms with Crippen LogP contribution in [0.25, 0.3) is 0 Å². The molecular formula is C20H30NO18-. The molecule has 3 rings (SSSR count). The van der Waals surface area contributed by atoms with Crippen molar-refractivity contribution < 1.29 is 89.1 Å². The average Bonchev–Trinajstić information content (AvgIpc) is 2.86. The third kappa shape index (κ3) is 6.46. The number of carboxylic acid groups (broad SMARTS) is 2. The second kappa shape index (κ2) is 12.6. The van der Waals surface area contributed by atoms with Gasteiger partial charge in [-0.2, -0.15) is 0 Å². The fourth-order valence-electron chi connectivity index (χ4n) is 4.40. The molecule has 3 saturated heterocycles. The highest BCUT2D eigenvalue weighted by atomic mass is 16.7. The SMILES string of the molecule is CC(=O)N[C@H]1[C@@H](O[C@H]2[C@H](O)[C@@H](O)[C@H]([O-])O[C@@H]2C(=O)O)O[C@H](CO)[C@@H](O[C@@H]2O[C@H](C(=O)O)[C@@H](O)[C@H](O)[C@H]2O)[C@@H]1O. The molecule has 0 aliphatic carbocycles. The summed E-state index contributed by atoms with van der Waals surface area (Å²) in [4.78, 5) is 34.8. The smallest absolute Gasteiger partial charge is 0.335 e. The van der Waals surface area contributed by atoms with Crippen LogP contribution in [0.1, 0.15) is 6.92 Å². The van der Waals surface area contributed by atoms with E-state index >= 15 is 0 Å². The van der Waals surface area contributed by atoms with Crippen LogP contribution in [-0.2, 0) is 38.1 Å². The summed E-state index contributed by atoms with van der Waals surface area (Å²) in [7, 11) is 0. The molecule has 0 radical (unpaired) electrons. The Bertz CT molecular complexity index is 891. The lowest BCUT2D eigenvalue weighted by Gasteiger charge is -2.49. The standard InChI is InChI=1S/C20H30NO18/c1-3(23)21-5-6(24)12(37-20-11(29)7(25)8(26)14(39-20)16(30)31)4(2-22)35-19(5)38-13-9(27)10(28)18(34)36-15(13)17(32)33/h4-15,18-20,22,24-29H,2H2,1H3,(H,21,23)(H,30,31)(H,32,33)/q-1/t4-,5-,6-,7+,8+,9-,10-,11-,12-,13+,14+,15+,18-,19-,20-/m1/s1. The quantitative estimate of drug-likeness (QED) is 0.129. The molecule has 0 aromatic carbocycles. The van der Waals surface area contributed by atoms with Gasteiger partial charge in [0.05, 0.1) is 12.7 Å². The third-order valence-corrected chi connectivity index (χ3v) is 6.41. The Kier molecular flexibility index (Phi) is 10.1. The molecule has 10 N–H and O–H groups in total. The van der Waals surface area contributed by atoms with Crippen molar-refractivity contribution in [3.8, 4) is 0 Å². The first-order valence-corrected chi connectivity index (χ1v) is 11.5. The maximum atomic E-state index is 11.9. The lowest BCUT2D eigenvalue weighted by atomic mass is 9.94. The summed E-state index contributed by atoms with van der Waals surface area (Å²) in [6, 6.07) is -1.68. The highest BCUT2D eigenvalue weighted by molar-refractivity contribution is 5.74. The van der Waals surface area contributed by atoms with Crippen LogP contribution in [0.2, 0.25) is 0 Å². The molecule has 19 heteroatoms. The molecule has 224 valence electrons. The van der Waals surface area contributed by atoms with E-state index in [1.807, 2.05) is 0 Å². The predicted octanol–water partition coefficient (Wildman–Crippen LogP) is -7.88. The van der Waals surface area contributed by atoms with E-state index in [9.17, 15) is 65.4 Å². The van der Waals surface area contributed by atoms with E-state index in [2.05, 4.69) is 10.1 Å². The lowest BCUT2D eigenvalue weighted by Crippen LogP contribution is -2.70. The van der Waals surface area contributed by atoms with Crippen molar-refractivity contribution in [3.63, 3.8) is 0 Å². The topological polar surface area (TPSA) is 315 Å². The van der Waals surface area contributed by atoms with Crippen LogP contribution in [0, 0.1) is 0 Å². The number of hydrogen-bond donors (Lipinski definition) is 10. The van der Waals surface area contributed by atoms with E-state index in [0.717, 1.165) is 6.92 Å². The van der Waals surface area contributed by atoms with Crippen LogP contribution in [-0.4, -0.2) is 162 Å². The van der Waals surface area contributed by atoms with Crippen molar-refractivity contribution in [1.29, 1.82) is 0 Å². The highest BCUT2D eigenvalue weighted by Crippen LogP contribution is 2.32. The van der Waals surface area contributed by atoms with Crippen molar-refractivity contribution in [2.24, 2.45) is 0 Å². The van der Waals surface area contributed by atoms with Crippen molar-refractivity contribution >= 4 is 17.8 Å². The summed E-state index contributed by atoms with van der Waals surface area (Å²) >= 11 is 0. The average molecular weight is 572 g/mol. The minimum Gasteiger partial charge on any atom is -0.829 e. The van der Waals surface area contributed by atoms with Gasteiger partial charge in [-0.3, -0.25) is 4.79 Å². The van der Waals surface area contributed by atoms with E-state index in [-0.39, 0.29) is 0 Å². The summed E-state index contributed by atoms with van der Waals surface area (Å²) in [5, 5.41) is 104. The molecule has 3 heterocycles. The van der Waals surface area contributed by atoms with Gasteiger partial charge in [-0.25, -0.2) is 9.59 Å². The number of aliphatic carboxylic acids is 2. The summed E-state index contributed by atoms with van der Waals surface area (Å²) in [5.41, 5.74) is 0. The van der Waals surface area contributed by atoms with Gasteiger partial charge in [0, 0.05) is 13.2 Å². The zero-order chi connectivity index (χ0) is 29.3. The van der Waals surface area contributed by atoms with Gasteiger partial charge in [-0.05, 0) is 0 Å². The Morgan fingerprint density at radius 2 is 1.33 bits per heavy atom. The molecule has 0 unspecified atom stereocenters. The summed E-state index contributed by atoms with van der Waals surface area (Å²) in [5.74, 6) is -4.29. The Balaban J connectivity index is 1.87. The Morgan fingerprint density at radius 1 is 0.744 bits per heavy atom. The molecule has 3 aliphatic rings. The van der Waals surface area contributed by atoms with Crippen LogP contribution in [0.3, 0.4) is 0 Å². The molecule has 0 aromatic rings. The Hall–Kier alpha value is -2.11. The number of amides is 1. The van der Waals surface area contributed by atoms with Gasteiger partial charge < -0.3 is 80.1 Å². The van der Waals surface area contributed by atoms with Crippen molar-refractivity contribution in [2.45, 2.75) is 99.0 Å². The number of carbonyl (C=O) groups excluding carboxylic acids is 1. The van der Waals surface area contributed by atoms with Crippen LogP contribution in [0.15, 0.2) is 0 Å². The number of hydrogen-bond acceptors (Lipinski definition) is 16. The fourth-order valence-corrected chi connectivity index (χ4v) is 4.40. The van der Waals surface area contributed by atoms with Crippen molar-refractivity contribution in [3.05, 3.63) is 0 Å². The Morgan fingerprint density at radius 3 is 1.87 bits per heavy atom. The number of ether oxygens (including phenoxy) is 5. The molecule has 0 aromatic heterocycles. The second-order valence-electron chi connectivity index (χ2n) is 9.12. The van der Waals surface area contributed by atoms with Crippen molar-refractivity contribution in [2.75, 3.05) is 6.61 Å². The fraction of sp³-hybridized carbons (Fsp3) is 0.850. The number of aliphatic hydroxyl groups is 7. The van der Waals surface area contributed by atoms with E-state index in [1.54, 1.807) is 0 Å². The van der Waals surface area contributed by atoms with E-state index in [0.29, 0.717) is 0 Å². The molecule has 1 amide bonds. The lowest BCUT2D eigenvalue weighted by molar-refractivity contribution is -0.531. The number of carboxylic acids is 2. The zero-order valence-corrected chi connectivity index (χ0v) is 20.1. The van der Waals surface area contributed by atoms with Crippen LogP contribution < -0.4 is 10.4 Å². The van der Waals surface area contributed by atoms with Gasteiger partial charge in [-0.15, -0.1) is 0 Å². The van der Waals surface area contributed by atoms with Gasteiger partial charge in [0.25, 0.3) is 0 Å². The second-order valence-corrected chi connectivity index (χ2v) is 9.12. The molecular weight excluding hydrogens is 542 g/mol. The highest BCUT2D eigenvalue weighted by Gasteiger charge is 2.54. The van der Waals surface area contributed by atoms with Crippen molar-refractivity contribution in [1.82, 2.24) is 5.32 Å². The maximum Gasteiger partial charge on any atom is 0.335 e. The molecule has 39 heavy (non-hydrogen) atoms. The van der Waals surface area contributed by atoms with Crippen LogP contribution >= 0.6 is 0 Å². The third-order valence-electron chi connectivity index (χ3n) is 6.41. The van der Waals surface area contributed by atoms with E-state index < -0.39 is 117 Å². The van der Waals surface area contributed by atoms with Gasteiger partial charge in [0.1, 0.15) is 54.9 Å². The molecule has 0 spiro atoms. The predicted molar refractivity (Wildman–Crippen MR) is 112 cm³/mol. The van der Waals surface area contributed by atoms with Gasteiger partial charge in [0.2, 0.25) is 5.91 Å². The molecule has 3 fully saturated rings.